The molecule has 0 saturated heterocycles. The second-order valence-electron chi connectivity index (χ2n) is 4.34. The van der Waals surface area contributed by atoms with Crippen LogP contribution < -0.4 is 4.90 Å². The van der Waals surface area contributed by atoms with E-state index < -0.39 is 0 Å². The van der Waals surface area contributed by atoms with Crippen LogP contribution in [0.5, 0.6) is 0 Å². The first-order chi connectivity index (χ1) is 7.74. The fourth-order valence-corrected chi connectivity index (χ4v) is 2.65. The Hall–Kier alpha value is -1.02. The molecule has 1 aromatic carbocycles. The zero-order chi connectivity index (χ0) is 11.5. The Morgan fingerprint density at radius 2 is 2.06 bits per heavy atom. The van der Waals surface area contributed by atoms with Gasteiger partial charge in [0.2, 0.25) is 0 Å². The Morgan fingerprint density at radius 1 is 1.38 bits per heavy atom. The lowest BCUT2D eigenvalue weighted by Gasteiger charge is -2.27. The third kappa shape index (κ3) is 2.07. The van der Waals surface area contributed by atoms with Gasteiger partial charge in [-0.05, 0) is 25.0 Å². The minimum absolute atomic E-state index is 0.539. The quantitative estimate of drug-likeness (QED) is 0.750. The van der Waals surface area contributed by atoms with Crippen LogP contribution in [0.3, 0.4) is 0 Å². The molecule has 3 heteroatoms. The topological polar surface area (TPSA) is 20.3 Å². The molecule has 1 aromatic rings. The number of halogens is 1. The monoisotopic (exact) mass is 237 g/mol. The molecule has 2 nitrogen and oxygen atoms in total. The Labute approximate surface area is 101 Å². The molecule has 0 aromatic heterocycles. The number of rotatable bonds is 3. The van der Waals surface area contributed by atoms with Gasteiger partial charge in [0, 0.05) is 18.8 Å². The van der Waals surface area contributed by atoms with Gasteiger partial charge >= 0.3 is 0 Å². The van der Waals surface area contributed by atoms with Gasteiger partial charge in [0.1, 0.15) is 0 Å². The average Bonchev–Trinajstić information content (AvgIpc) is 2.81. The molecule has 0 atom stereocenters. The Kier molecular flexibility index (Phi) is 3.49. The van der Waals surface area contributed by atoms with Crippen molar-refractivity contribution in [3.63, 3.8) is 0 Å². The Bertz CT molecular complexity index is 386. The standard InChI is InChI=1S/C13H16ClNO/c1-15(10-5-2-3-6-10)13-8-4-7-12(14)11(13)9-16/h4,7-10H,2-3,5-6H2,1H3. The second kappa shape index (κ2) is 4.88. The van der Waals surface area contributed by atoms with E-state index in [4.69, 9.17) is 11.6 Å². The van der Waals surface area contributed by atoms with Gasteiger partial charge in [0.25, 0.3) is 0 Å². The zero-order valence-corrected chi connectivity index (χ0v) is 10.2. The summed E-state index contributed by atoms with van der Waals surface area (Å²) in [5.41, 5.74) is 1.56. The second-order valence-corrected chi connectivity index (χ2v) is 4.75. The molecule has 0 heterocycles. The number of hydrogen-bond donors (Lipinski definition) is 0. The van der Waals surface area contributed by atoms with Crippen molar-refractivity contribution in [2.45, 2.75) is 31.7 Å². The highest BCUT2D eigenvalue weighted by Gasteiger charge is 2.21. The van der Waals surface area contributed by atoms with Crippen molar-refractivity contribution < 1.29 is 4.79 Å². The van der Waals surface area contributed by atoms with E-state index >= 15 is 0 Å². The van der Waals surface area contributed by atoms with Crippen molar-refractivity contribution in [2.75, 3.05) is 11.9 Å². The number of carbonyl (C=O) groups excluding carboxylic acids is 1. The van der Waals surface area contributed by atoms with Crippen molar-refractivity contribution in [1.29, 1.82) is 0 Å². The molecule has 1 saturated carbocycles. The van der Waals surface area contributed by atoms with Gasteiger partial charge in [0.15, 0.2) is 6.29 Å². The molecule has 0 spiro atoms. The molecule has 0 bridgehead atoms. The smallest absolute Gasteiger partial charge is 0.153 e. The van der Waals surface area contributed by atoms with Gasteiger partial charge in [-0.25, -0.2) is 0 Å². The van der Waals surface area contributed by atoms with Crippen molar-refractivity contribution in [1.82, 2.24) is 0 Å². The lowest BCUT2D eigenvalue weighted by molar-refractivity contribution is 0.112. The van der Waals surface area contributed by atoms with Crippen LogP contribution in [-0.2, 0) is 0 Å². The lowest BCUT2D eigenvalue weighted by Crippen LogP contribution is -2.29. The van der Waals surface area contributed by atoms with Crippen LogP contribution in [0, 0.1) is 0 Å². The van der Waals surface area contributed by atoms with E-state index in [9.17, 15) is 4.79 Å². The van der Waals surface area contributed by atoms with Gasteiger partial charge in [0.05, 0.1) is 10.6 Å². The number of carbonyl (C=O) groups is 1. The third-order valence-corrected chi connectivity index (χ3v) is 3.73. The summed E-state index contributed by atoms with van der Waals surface area (Å²) in [5.74, 6) is 0. The number of aldehydes is 1. The van der Waals surface area contributed by atoms with Crippen molar-refractivity contribution in [3.05, 3.63) is 28.8 Å². The zero-order valence-electron chi connectivity index (χ0n) is 9.45. The predicted molar refractivity (Wildman–Crippen MR) is 67.5 cm³/mol. The van der Waals surface area contributed by atoms with E-state index in [2.05, 4.69) is 11.9 Å². The van der Waals surface area contributed by atoms with Gasteiger partial charge in [-0.2, -0.15) is 0 Å². The summed E-state index contributed by atoms with van der Waals surface area (Å²) in [7, 11) is 2.05. The Balaban J connectivity index is 2.31. The van der Waals surface area contributed by atoms with Crippen molar-refractivity contribution in [2.24, 2.45) is 0 Å². The molecular formula is C13H16ClNO. The first kappa shape index (κ1) is 11.5. The van der Waals surface area contributed by atoms with Gasteiger partial charge in [-0.15, -0.1) is 0 Å². The Morgan fingerprint density at radius 3 is 2.69 bits per heavy atom. The van der Waals surface area contributed by atoms with Crippen LogP contribution in [0.4, 0.5) is 5.69 Å². The van der Waals surface area contributed by atoms with E-state index in [0.29, 0.717) is 16.6 Å². The molecule has 0 unspecified atom stereocenters. The molecule has 0 aliphatic heterocycles. The summed E-state index contributed by atoms with van der Waals surface area (Å²) in [6, 6.07) is 6.18. The maximum Gasteiger partial charge on any atom is 0.153 e. The highest BCUT2D eigenvalue weighted by molar-refractivity contribution is 6.33. The first-order valence-corrected chi connectivity index (χ1v) is 6.08. The highest BCUT2D eigenvalue weighted by atomic mass is 35.5. The summed E-state index contributed by atoms with van der Waals surface area (Å²) in [4.78, 5) is 13.3. The van der Waals surface area contributed by atoms with Crippen molar-refractivity contribution in [3.8, 4) is 0 Å². The number of hydrogen-bond acceptors (Lipinski definition) is 2. The average molecular weight is 238 g/mol. The molecule has 16 heavy (non-hydrogen) atoms. The largest absolute Gasteiger partial charge is 0.371 e. The van der Waals surface area contributed by atoms with E-state index in [1.165, 1.54) is 25.7 Å². The number of anilines is 1. The maximum atomic E-state index is 11.1. The molecule has 2 rings (SSSR count). The molecule has 1 fully saturated rings. The van der Waals surface area contributed by atoms with Crippen LogP contribution >= 0.6 is 11.6 Å². The molecular weight excluding hydrogens is 222 g/mol. The summed E-state index contributed by atoms with van der Waals surface area (Å²) in [5, 5.41) is 0.539. The molecule has 0 amide bonds. The molecule has 0 N–H and O–H groups in total. The SMILES string of the molecule is CN(c1cccc(Cl)c1C=O)C1CCCC1. The summed E-state index contributed by atoms with van der Waals surface area (Å²) in [6.07, 6.45) is 5.84. The summed E-state index contributed by atoms with van der Waals surface area (Å²) >= 11 is 6.02. The normalized spacial score (nSPS) is 16.4. The van der Waals surface area contributed by atoms with Gasteiger partial charge in [-0.1, -0.05) is 30.5 Å². The van der Waals surface area contributed by atoms with Crippen molar-refractivity contribution >= 4 is 23.6 Å². The van der Waals surface area contributed by atoms with Crippen LogP contribution in [0.2, 0.25) is 5.02 Å². The van der Waals surface area contributed by atoms with E-state index in [-0.39, 0.29) is 0 Å². The minimum Gasteiger partial charge on any atom is -0.371 e. The van der Waals surface area contributed by atoms with E-state index in [1.54, 1.807) is 6.07 Å². The van der Waals surface area contributed by atoms with Crippen LogP contribution in [0.1, 0.15) is 36.0 Å². The highest BCUT2D eigenvalue weighted by Crippen LogP contribution is 2.31. The molecule has 86 valence electrons. The van der Waals surface area contributed by atoms with E-state index in [0.717, 1.165) is 12.0 Å². The van der Waals surface area contributed by atoms with Crippen LogP contribution in [-0.4, -0.2) is 19.4 Å². The predicted octanol–water partition coefficient (Wildman–Crippen LogP) is 3.53. The molecule has 1 aliphatic rings. The maximum absolute atomic E-state index is 11.1. The number of benzene rings is 1. The van der Waals surface area contributed by atoms with Crippen LogP contribution in [0.25, 0.3) is 0 Å². The van der Waals surface area contributed by atoms with E-state index in [1.807, 2.05) is 12.1 Å². The first-order valence-electron chi connectivity index (χ1n) is 5.70. The fraction of sp³-hybridized carbons (Fsp3) is 0.462. The number of nitrogens with zero attached hydrogens (tertiary/aromatic N) is 1. The molecule has 1 aliphatic carbocycles. The van der Waals surface area contributed by atoms with Crippen LogP contribution in [0.15, 0.2) is 18.2 Å². The summed E-state index contributed by atoms with van der Waals surface area (Å²) in [6.45, 7) is 0. The fourth-order valence-electron chi connectivity index (χ4n) is 2.44. The minimum atomic E-state index is 0.539. The van der Waals surface area contributed by atoms with Gasteiger partial charge in [-0.3, -0.25) is 4.79 Å². The molecule has 0 radical (unpaired) electrons. The lowest BCUT2D eigenvalue weighted by atomic mass is 10.1. The third-order valence-electron chi connectivity index (χ3n) is 3.40. The van der Waals surface area contributed by atoms with Gasteiger partial charge < -0.3 is 4.90 Å². The summed E-state index contributed by atoms with van der Waals surface area (Å²) < 4.78 is 0.